The zero-order valence-corrected chi connectivity index (χ0v) is 30.1. The summed E-state index contributed by atoms with van der Waals surface area (Å²) in [6.07, 6.45) is 1.80. The number of carbonyl (C=O) groups excluding carboxylic acids is 4. The number of oxazole rings is 1. The van der Waals surface area contributed by atoms with E-state index in [2.05, 4.69) is 20.4 Å². The first-order valence-electron chi connectivity index (χ1n) is 17.5. The predicted octanol–water partition coefficient (Wildman–Crippen LogP) is 2.83. The SMILES string of the molecule is CN1C(=O)CCC(N2C(=O)c3cccc(NCCOCCOCCOc4ccc(COc5ccc6oc(-c7ccc(=O)n(C)n7)nc6c5)nc4)c3C2=O)C1=O. The lowest BCUT2D eigenvalue weighted by Crippen LogP contribution is -2.54. The van der Waals surface area contributed by atoms with Gasteiger partial charge in [-0.2, -0.15) is 5.10 Å². The molecule has 1 N–H and O–H groups in total. The summed E-state index contributed by atoms with van der Waals surface area (Å²) in [6, 6.07) is 15.8. The Labute approximate surface area is 313 Å². The summed E-state index contributed by atoms with van der Waals surface area (Å²) < 4.78 is 29.9. The van der Waals surface area contributed by atoms with Gasteiger partial charge in [0.2, 0.25) is 11.8 Å². The molecule has 7 rings (SSSR count). The maximum atomic E-state index is 13.3. The molecular weight excluding hydrogens is 714 g/mol. The van der Waals surface area contributed by atoms with E-state index in [4.69, 9.17) is 23.4 Å². The van der Waals surface area contributed by atoms with E-state index in [0.717, 1.165) is 9.80 Å². The number of aryl methyl sites for hydroxylation is 1. The lowest BCUT2D eigenvalue weighted by molar-refractivity contribution is -0.149. The van der Waals surface area contributed by atoms with Crippen LogP contribution >= 0.6 is 0 Å². The van der Waals surface area contributed by atoms with Gasteiger partial charge in [0.15, 0.2) is 5.58 Å². The Bertz CT molecular complexity index is 2310. The summed E-state index contributed by atoms with van der Waals surface area (Å²) >= 11 is 0. The molecule has 3 aromatic heterocycles. The molecule has 2 aliphatic heterocycles. The molecule has 17 heteroatoms. The third-order valence-electron chi connectivity index (χ3n) is 9.03. The van der Waals surface area contributed by atoms with Gasteiger partial charge < -0.3 is 28.7 Å². The predicted molar refractivity (Wildman–Crippen MR) is 194 cm³/mol. The van der Waals surface area contributed by atoms with Gasteiger partial charge in [-0.1, -0.05) is 6.07 Å². The van der Waals surface area contributed by atoms with E-state index in [0.29, 0.717) is 85.1 Å². The second-order valence-corrected chi connectivity index (χ2v) is 12.7. The van der Waals surface area contributed by atoms with E-state index in [1.165, 1.54) is 17.8 Å². The number of hydrogen-bond acceptors (Lipinski definition) is 14. The number of likely N-dealkylation sites (N-methyl/N-ethyl adjacent to an activating group) is 1. The molecule has 1 fully saturated rings. The van der Waals surface area contributed by atoms with Gasteiger partial charge in [-0.3, -0.25) is 38.8 Å². The minimum absolute atomic E-state index is 0.0811. The first kappa shape index (κ1) is 36.9. The van der Waals surface area contributed by atoms with Crippen molar-refractivity contribution < 1.29 is 42.5 Å². The maximum Gasteiger partial charge on any atom is 0.266 e. The monoisotopic (exact) mass is 751 g/mol. The normalized spacial score (nSPS) is 15.6. The van der Waals surface area contributed by atoms with Crippen LogP contribution in [0.5, 0.6) is 11.5 Å². The Balaban J connectivity index is 0.775. The number of ether oxygens (including phenoxy) is 4. The lowest BCUT2D eigenvalue weighted by Gasteiger charge is -2.32. The Hall–Kier alpha value is -6.46. The molecule has 0 saturated carbocycles. The quantitative estimate of drug-likeness (QED) is 0.114. The molecule has 4 amide bonds. The van der Waals surface area contributed by atoms with Crippen molar-refractivity contribution in [1.82, 2.24) is 29.5 Å². The number of rotatable bonds is 16. The summed E-state index contributed by atoms with van der Waals surface area (Å²) in [5.74, 6) is -0.534. The summed E-state index contributed by atoms with van der Waals surface area (Å²) in [5, 5.41) is 7.32. The highest BCUT2D eigenvalue weighted by Gasteiger charge is 2.47. The molecule has 1 unspecified atom stereocenters. The average molecular weight is 752 g/mol. The molecule has 0 radical (unpaired) electrons. The standard InChI is InChI=1S/C38H37N7O10/c1-43-32(46)13-10-30(37(43)49)45-36(48)26-4-3-5-27(34(26)38(45)50)39-14-15-51-16-17-52-18-19-53-25-7-6-23(40-21-25)22-54-24-8-11-31-29(20-24)41-35(55-31)28-9-12-33(47)44(2)42-28/h3-9,11-12,20-21,30,39H,10,13-19,22H2,1-2H3. The fraction of sp³-hybridized carbons (Fsp3) is 0.316. The van der Waals surface area contributed by atoms with Gasteiger partial charge >= 0.3 is 0 Å². The van der Waals surface area contributed by atoms with E-state index in [9.17, 15) is 24.0 Å². The number of nitrogens with zero attached hydrogens (tertiary/aromatic N) is 6. The van der Waals surface area contributed by atoms with Crippen LogP contribution in [0.25, 0.3) is 22.7 Å². The Kier molecular flexibility index (Phi) is 10.9. The van der Waals surface area contributed by atoms with Crippen LogP contribution in [0, 0.1) is 0 Å². The fourth-order valence-corrected chi connectivity index (χ4v) is 6.13. The third kappa shape index (κ3) is 8.07. The van der Waals surface area contributed by atoms with Crippen LogP contribution in [0.4, 0.5) is 5.69 Å². The van der Waals surface area contributed by atoms with Crippen LogP contribution in [0.1, 0.15) is 39.3 Å². The minimum Gasteiger partial charge on any atom is -0.490 e. The second-order valence-electron chi connectivity index (χ2n) is 12.7. The van der Waals surface area contributed by atoms with E-state index < -0.39 is 23.8 Å². The number of amides is 4. The molecule has 284 valence electrons. The number of imide groups is 2. The Morgan fingerprint density at radius 2 is 1.65 bits per heavy atom. The maximum absolute atomic E-state index is 13.3. The number of nitrogens with one attached hydrogen (secondary N) is 1. The molecule has 1 atom stereocenters. The molecule has 0 spiro atoms. The van der Waals surface area contributed by atoms with Gasteiger partial charge in [-0.15, -0.1) is 0 Å². The summed E-state index contributed by atoms with van der Waals surface area (Å²) in [7, 11) is 2.92. The van der Waals surface area contributed by atoms with E-state index in [-0.39, 0.29) is 42.0 Å². The van der Waals surface area contributed by atoms with E-state index >= 15 is 0 Å². The topological polar surface area (TPSA) is 198 Å². The number of aromatic nitrogens is 4. The van der Waals surface area contributed by atoms with Crippen LogP contribution in [0.15, 0.2) is 76.1 Å². The highest BCUT2D eigenvalue weighted by Crippen LogP contribution is 2.33. The van der Waals surface area contributed by atoms with Crippen molar-refractivity contribution >= 4 is 40.4 Å². The van der Waals surface area contributed by atoms with Crippen molar-refractivity contribution in [3.63, 3.8) is 0 Å². The van der Waals surface area contributed by atoms with Crippen molar-refractivity contribution in [3.8, 4) is 23.1 Å². The molecule has 1 saturated heterocycles. The van der Waals surface area contributed by atoms with Crippen molar-refractivity contribution in [3.05, 3.63) is 94.0 Å². The number of hydrogen-bond donors (Lipinski definition) is 1. The average Bonchev–Trinajstić information content (AvgIpc) is 3.73. The molecule has 0 bridgehead atoms. The van der Waals surface area contributed by atoms with Gasteiger partial charge in [0, 0.05) is 44.9 Å². The lowest BCUT2D eigenvalue weighted by atomic mass is 10.0. The molecule has 5 heterocycles. The number of piperidine rings is 1. The van der Waals surface area contributed by atoms with Gasteiger partial charge in [-0.25, -0.2) is 9.67 Å². The smallest absolute Gasteiger partial charge is 0.266 e. The Morgan fingerprint density at radius 3 is 2.45 bits per heavy atom. The Morgan fingerprint density at radius 1 is 0.855 bits per heavy atom. The summed E-state index contributed by atoms with van der Waals surface area (Å²) in [5.41, 5.74) is 2.96. The van der Waals surface area contributed by atoms with Crippen molar-refractivity contribution in [1.29, 1.82) is 0 Å². The van der Waals surface area contributed by atoms with Gasteiger partial charge in [0.05, 0.1) is 49.4 Å². The van der Waals surface area contributed by atoms with Crippen LogP contribution in [-0.4, -0.2) is 106 Å². The van der Waals surface area contributed by atoms with E-state index in [1.807, 2.05) is 6.07 Å². The number of likely N-dealkylation sites (tertiary alicyclic amines) is 1. The van der Waals surface area contributed by atoms with Crippen molar-refractivity contribution in [2.24, 2.45) is 7.05 Å². The largest absolute Gasteiger partial charge is 0.490 e. The zero-order chi connectivity index (χ0) is 38.5. The number of benzene rings is 2. The van der Waals surface area contributed by atoms with Crippen LogP contribution in [0.3, 0.4) is 0 Å². The van der Waals surface area contributed by atoms with Crippen molar-refractivity contribution in [2.45, 2.75) is 25.5 Å². The first-order valence-corrected chi connectivity index (χ1v) is 17.5. The molecule has 0 aliphatic carbocycles. The van der Waals surface area contributed by atoms with Crippen LogP contribution in [-0.2, 0) is 32.7 Å². The van der Waals surface area contributed by atoms with E-state index in [1.54, 1.807) is 61.8 Å². The highest BCUT2D eigenvalue weighted by atomic mass is 16.5. The second kappa shape index (κ2) is 16.3. The van der Waals surface area contributed by atoms with Gasteiger partial charge in [0.1, 0.15) is 42.0 Å². The molecular formula is C38H37N7O10. The van der Waals surface area contributed by atoms with Gasteiger partial charge in [-0.05, 0) is 48.9 Å². The van der Waals surface area contributed by atoms with Crippen LogP contribution < -0.4 is 20.3 Å². The summed E-state index contributed by atoms with van der Waals surface area (Å²) in [6.45, 7) is 2.25. The zero-order valence-electron chi connectivity index (χ0n) is 30.1. The van der Waals surface area contributed by atoms with Gasteiger partial charge in [0.25, 0.3) is 23.3 Å². The number of pyridine rings is 1. The molecule has 5 aromatic rings. The number of anilines is 1. The van der Waals surface area contributed by atoms with Crippen LogP contribution in [0.2, 0.25) is 0 Å². The molecule has 55 heavy (non-hydrogen) atoms. The molecule has 2 aliphatic rings. The minimum atomic E-state index is -1.01. The number of fused-ring (bicyclic) bond motifs is 2. The highest BCUT2D eigenvalue weighted by molar-refractivity contribution is 6.25. The third-order valence-corrected chi connectivity index (χ3v) is 9.03. The number of carbonyl (C=O) groups is 4. The summed E-state index contributed by atoms with van der Waals surface area (Å²) in [4.78, 5) is 73.5. The fourth-order valence-electron chi connectivity index (χ4n) is 6.13. The van der Waals surface area contributed by atoms with Crippen molar-refractivity contribution in [2.75, 3.05) is 51.9 Å². The first-order chi connectivity index (χ1) is 26.7. The molecule has 17 nitrogen and oxygen atoms in total. The molecule has 2 aromatic carbocycles.